The highest BCUT2D eigenvalue weighted by Gasteiger charge is 2.26. The minimum absolute atomic E-state index is 0.0269. The van der Waals surface area contributed by atoms with Crippen molar-refractivity contribution in [3.05, 3.63) is 29.6 Å². The maximum Gasteiger partial charge on any atom is 0.411 e. The van der Waals surface area contributed by atoms with Crippen LogP contribution in [0.5, 0.6) is 0 Å². The summed E-state index contributed by atoms with van der Waals surface area (Å²) in [4.78, 5) is 46.9. The van der Waals surface area contributed by atoms with Crippen LogP contribution in [0, 0.1) is 0 Å². The highest BCUT2D eigenvalue weighted by Crippen LogP contribution is 2.14. The second-order valence-corrected chi connectivity index (χ2v) is 8.37. The van der Waals surface area contributed by atoms with Gasteiger partial charge in [0.15, 0.2) is 0 Å². The molecular formula is C22H36N4O5. The fourth-order valence-electron chi connectivity index (χ4n) is 2.66. The van der Waals surface area contributed by atoms with Crippen molar-refractivity contribution >= 4 is 18.0 Å². The number of pyridine rings is 1. The first-order valence-electron chi connectivity index (χ1n) is 10.5. The molecule has 0 saturated carbocycles. The highest BCUT2D eigenvalue weighted by molar-refractivity contribution is 5.89. The molecule has 2 amide bonds. The lowest BCUT2D eigenvalue weighted by Gasteiger charge is -2.29. The molecule has 0 N–H and O–H groups in total. The minimum atomic E-state index is -0.714. The van der Waals surface area contributed by atoms with Gasteiger partial charge in [0.05, 0.1) is 24.4 Å². The Morgan fingerprint density at radius 3 is 2.29 bits per heavy atom. The molecule has 31 heavy (non-hydrogen) atoms. The van der Waals surface area contributed by atoms with Crippen molar-refractivity contribution in [2.24, 2.45) is 0 Å². The number of hydrogen-bond acceptors (Lipinski definition) is 7. The predicted molar refractivity (Wildman–Crippen MR) is 118 cm³/mol. The number of likely N-dealkylation sites (N-methyl/N-ethyl adjacent to an activating group) is 2. The van der Waals surface area contributed by atoms with E-state index in [1.807, 2.05) is 25.9 Å². The van der Waals surface area contributed by atoms with E-state index in [-0.39, 0.29) is 25.6 Å². The second kappa shape index (κ2) is 12.2. The van der Waals surface area contributed by atoms with E-state index >= 15 is 0 Å². The van der Waals surface area contributed by atoms with E-state index in [4.69, 9.17) is 9.47 Å². The monoisotopic (exact) mass is 436 g/mol. The van der Waals surface area contributed by atoms with Gasteiger partial charge in [-0.05, 0) is 60.8 Å². The average Bonchev–Trinajstić information content (AvgIpc) is 2.66. The Balaban J connectivity index is 3.04. The van der Waals surface area contributed by atoms with Gasteiger partial charge >= 0.3 is 12.1 Å². The van der Waals surface area contributed by atoms with Crippen molar-refractivity contribution in [3.63, 3.8) is 0 Å². The molecule has 1 heterocycles. The normalized spacial score (nSPS) is 11.2. The Bertz CT molecular complexity index is 746. The molecule has 0 aliphatic rings. The van der Waals surface area contributed by atoms with Gasteiger partial charge in [0, 0.05) is 25.8 Å². The third-order valence-corrected chi connectivity index (χ3v) is 4.21. The van der Waals surface area contributed by atoms with Crippen molar-refractivity contribution in [1.29, 1.82) is 0 Å². The van der Waals surface area contributed by atoms with Crippen molar-refractivity contribution in [2.75, 3.05) is 46.9 Å². The molecular weight excluding hydrogens is 400 g/mol. The van der Waals surface area contributed by atoms with Gasteiger partial charge in [-0.15, -0.1) is 0 Å². The Hall–Kier alpha value is -2.68. The lowest BCUT2D eigenvalue weighted by atomic mass is 10.2. The highest BCUT2D eigenvalue weighted by atomic mass is 16.6. The number of carbonyl (C=O) groups is 3. The van der Waals surface area contributed by atoms with Gasteiger partial charge in [-0.25, -0.2) is 9.59 Å². The lowest BCUT2D eigenvalue weighted by molar-refractivity contribution is -0.132. The van der Waals surface area contributed by atoms with E-state index in [2.05, 4.69) is 4.98 Å². The number of esters is 1. The lowest BCUT2D eigenvalue weighted by Crippen LogP contribution is -2.46. The standard InChI is InChI=1S/C22H36N4O5/c1-8-25(13-12-24(6)7)19(27)16-26(21(29)31-22(3,4)5)15-18-14-17(10-11-23-18)20(28)30-9-2/h10-11,14H,8-9,12-13,15-16H2,1-7H3. The number of rotatable bonds is 10. The van der Waals surface area contributed by atoms with E-state index in [0.717, 1.165) is 6.54 Å². The third kappa shape index (κ3) is 9.78. The molecule has 0 radical (unpaired) electrons. The summed E-state index contributed by atoms with van der Waals surface area (Å²) in [5.41, 5.74) is 0.0811. The van der Waals surface area contributed by atoms with Gasteiger partial charge in [0.2, 0.25) is 5.91 Å². The molecule has 1 rings (SSSR count). The van der Waals surface area contributed by atoms with Crippen LogP contribution in [0.1, 0.15) is 50.7 Å². The van der Waals surface area contributed by atoms with Crippen molar-refractivity contribution in [3.8, 4) is 0 Å². The van der Waals surface area contributed by atoms with Crippen molar-refractivity contribution in [2.45, 2.75) is 46.8 Å². The van der Waals surface area contributed by atoms with Crippen LogP contribution < -0.4 is 0 Å². The summed E-state index contributed by atoms with van der Waals surface area (Å²) in [7, 11) is 3.88. The zero-order valence-electron chi connectivity index (χ0n) is 19.8. The summed E-state index contributed by atoms with van der Waals surface area (Å²) in [6, 6.07) is 3.11. The molecule has 9 nitrogen and oxygen atoms in total. The molecule has 0 aliphatic carbocycles. The van der Waals surface area contributed by atoms with E-state index in [1.54, 1.807) is 44.7 Å². The van der Waals surface area contributed by atoms with Crippen LogP contribution in [0.15, 0.2) is 18.3 Å². The van der Waals surface area contributed by atoms with Crippen LogP contribution in [0.3, 0.4) is 0 Å². The SMILES string of the molecule is CCOC(=O)c1ccnc(CN(CC(=O)N(CC)CCN(C)C)C(=O)OC(C)(C)C)c1. The number of hydrogen-bond donors (Lipinski definition) is 0. The molecule has 0 aliphatic heterocycles. The first-order valence-corrected chi connectivity index (χ1v) is 10.5. The van der Waals surface area contributed by atoms with Gasteiger partial charge in [-0.1, -0.05) is 0 Å². The predicted octanol–water partition coefficient (Wildman–Crippen LogP) is 2.41. The van der Waals surface area contributed by atoms with Gasteiger partial charge in [-0.2, -0.15) is 0 Å². The van der Waals surface area contributed by atoms with Crippen LogP contribution in [-0.4, -0.2) is 90.1 Å². The Morgan fingerprint density at radius 1 is 1.06 bits per heavy atom. The molecule has 174 valence electrons. The molecule has 9 heteroatoms. The molecule has 0 spiro atoms. The fraction of sp³-hybridized carbons (Fsp3) is 0.636. The smallest absolute Gasteiger partial charge is 0.411 e. The Labute approximate surface area is 185 Å². The molecule has 0 atom stereocenters. The van der Waals surface area contributed by atoms with E-state index in [1.165, 1.54) is 11.1 Å². The zero-order valence-corrected chi connectivity index (χ0v) is 19.8. The zero-order chi connectivity index (χ0) is 23.6. The topological polar surface area (TPSA) is 92.3 Å². The van der Waals surface area contributed by atoms with E-state index in [0.29, 0.717) is 24.3 Å². The first-order chi connectivity index (χ1) is 14.5. The van der Waals surface area contributed by atoms with Crippen LogP contribution in [0.25, 0.3) is 0 Å². The van der Waals surface area contributed by atoms with Gasteiger partial charge in [0.25, 0.3) is 0 Å². The molecule has 0 aromatic carbocycles. The molecule has 0 unspecified atom stereocenters. The number of nitrogens with zero attached hydrogens (tertiary/aromatic N) is 4. The third-order valence-electron chi connectivity index (χ3n) is 4.21. The molecule has 0 bridgehead atoms. The van der Waals surface area contributed by atoms with Crippen LogP contribution in [-0.2, 0) is 20.8 Å². The van der Waals surface area contributed by atoms with Crippen LogP contribution in [0.2, 0.25) is 0 Å². The largest absolute Gasteiger partial charge is 0.462 e. The van der Waals surface area contributed by atoms with Crippen molar-refractivity contribution < 1.29 is 23.9 Å². The maximum absolute atomic E-state index is 12.9. The summed E-state index contributed by atoms with van der Waals surface area (Å²) in [5, 5.41) is 0. The van der Waals surface area contributed by atoms with Crippen LogP contribution >= 0.6 is 0 Å². The summed E-state index contributed by atoms with van der Waals surface area (Å²) in [6.45, 7) is 10.9. The maximum atomic E-state index is 12.9. The molecule has 0 saturated heterocycles. The van der Waals surface area contributed by atoms with E-state index < -0.39 is 17.7 Å². The van der Waals surface area contributed by atoms with Gasteiger partial charge < -0.3 is 19.3 Å². The second-order valence-electron chi connectivity index (χ2n) is 8.37. The number of ether oxygens (including phenoxy) is 2. The summed E-state index contributed by atoms with van der Waals surface area (Å²) < 4.78 is 10.5. The number of amides is 2. The summed E-state index contributed by atoms with van der Waals surface area (Å²) >= 11 is 0. The summed E-state index contributed by atoms with van der Waals surface area (Å²) in [6.07, 6.45) is 0.861. The minimum Gasteiger partial charge on any atom is -0.462 e. The average molecular weight is 437 g/mol. The fourth-order valence-corrected chi connectivity index (χ4v) is 2.66. The molecule has 0 fully saturated rings. The van der Waals surface area contributed by atoms with Gasteiger partial charge in [-0.3, -0.25) is 14.7 Å². The first kappa shape index (κ1) is 26.4. The Morgan fingerprint density at radius 2 is 1.74 bits per heavy atom. The number of aromatic nitrogens is 1. The Kier molecular flexibility index (Phi) is 10.4. The quantitative estimate of drug-likeness (QED) is 0.520. The molecule has 1 aromatic heterocycles. The van der Waals surface area contributed by atoms with E-state index in [9.17, 15) is 14.4 Å². The molecule has 1 aromatic rings. The summed E-state index contributed by atoms with van der Waals surface area (Å²) in [5.74, 6) is -0.649. The van der Waals surface area contributed by atoms with Gasteiger partial charge in [0.1, 0.15) is 12.1 Å². The van der Waals surface area contributed by atoms with Crippen LogP contribution in [0.4, 0.5) is 4.79 Å². The van der Waals surface area contributed by atoms with Crippen molar-refractivity contribution in [1.82, 2.24) is 19.7 Å². The number of carbonyl (C=O) groups excluding carboxylic acids is 3.